The van der Waals surface area contributed by atoms with E-state index in [9.17, 15) is 0 Å². The quantitative estimate of drug-likeness (QED) is 0.349. The van der Waals surface area contributed by atoms with Gasteiger partial charge in [0, 0.05) is 31.4 Å². The number of halogens is 2. The Morgan fingerprint density at radius 1 is 1.14 bits per heavy atom. The number of rotatable bonds is 6. The largest absolute Gasteiger partial charge is 0.356 e. The summed E-state index contributed by atoms with van der Waals surface area (Å²) in [5.74, 6) is 1.50. The third-order valence-corrected chi connectivity index (χ3v) is 5.37. The zero-order valence-corrected chi connectivity index (χ0v) is 19.4. The van der Waals surface area contributed by atoms with Gasteiger partial charge in [0.1, 0.15) is 0 Å². The lowest BCUT2D eigenvalue weighted by molar-refractivity contribution is 0.178. The summed E-state index contributed by atoms with van der Waals surface area (Å²) in [5, 5.41) is 7.64. The number of hydrogen-bond donors (Lipinski definition) is 2. The molecule has 152 valence electrons. The Morgan fingerprint density at radius 2 is 1.89 bits per heavy atom. The molecule has 1 fully saturated rings. The average molecular weight is 514 g/mol. The molecule has 7 heteroatoms. The summed E-state index contributed by atoms with van der Waals surface area (Å²) in [7, 11) is 1.81. The molecule has 0 unspecified atom stereocenters. The number of hydrogen-bond acceptors (Lipinski definition) is 3. The van der Waals surface area contributed by atoms with Crippen LogP contribution in [0.1, 0.15) is 24.1 Å². The third kappa shape index (κ3) is 7.22. The van der Waals surface area contributed by atoms with E-state index in [4.69, 9.17) is 11.6 Å². The molecule has 28 heavy (non-hydrogen) atoms. The molecule has 3 rings (SSSR count). The van der Waals surface area contributed by atoms with Gasteiger partial charge >= 0.3 is 0 Å². The fourth-order valence-electron chi connectivity index (χ4n) is 3.35. The average Bonchev–Trinajstić information content (AvgIpc) is 2.72. The van der Waals surface area contributed by atoms with Crippen molar-refractivity contribution in [3.8, 4) is 0 Å². The highest BCUT2D eigenvalue weighted by molar-refractivity contribution is 14.0. The lowest BCUT2D eigenvalue weighted by atomic mass is 9.96. The Balaban J connectivity index is 0.00000280. The van der Waals surface area contributed by atoms with Crippen molar-refractivity contribution >= 4 is 41.5 Å². The summed E-state index contributed by atoms with van der Waals surface area (Å²) in [4.78, 5) is 11.1. The first-order chi connectivity index (χ1) is 13.2. The van der Waals surface area contributed by atoms with Gasteiger partial charge in [0.15, 0.2) is 5.96 Å². The number of benzene rings is 1. The summed E-state index contributed by atoms with van der Waals surface area (Å²) < 4.78 is 0. The Morgan fingerprint density at radius 3 is 2.57 bits per heavy atom. The summed E-state index contributed by atoms with van der Waals surface area (Å²) in [6, 6.07) is 14.1. The normalized spacial score (nSPS) is 15.7. The van der Waals surface area contributed by atoms with Gasteiger partial charge in [-0.1, -0.05) is 35.9 Å². The van der Waals surface area contributed by atoms with Crippen molar-refractivity contribution in [1.82, 2.24) is 20.5 Å². The highest BCUT2D eigenvalue weighted by atomic mass is 127. The van der Waals surface area contributed by atoms with Crippen LogP contribution >= 0.6 is 35.6 Å². The molecule has 0 atom stereocenters. The molecule has 1 aliphatic rings. The van der Waals surface area contributed by atoms with Crippen molar-refractivity contribution in [2.45, 2.75) is 25.9 Å². The molecule has 0 bridgehead atoms. The first-order valence-electron chi connectivity index (χ1n) is 9.55. The van der Waals surface area contributed by atoms with Crippen LogP contribution in [0.5, 0.6) is 0 Å². The van der Waals surface area contributed by atoms with Gasteiger partial charge in [0.05, 0.1) is 12.2 Å². The van der Waals surface area contributed by atoms with Crippen molar-refractivity contribution in [2.24, 2.45) is 10.9 Å². The van der Waals surface area contributed by atoms with Crippen LogP contribution < -0.4 is 10.6 Å². The summed E-state index contributed by atoms with van der Waals surface area (Å²) in [6.07, 6.45) is 4.19. The second-order valence-electron chi connectivity index (χ2n) is 6.94. The molecule has 1 aromatic carbocycles. The molecular formula is C21H29ClIN5. The van der Waals surface area contributed by atoms with Crippen molar-refractivity contribution in [3.05, 3.63) is 64.9 Å². The molecule has 0 amide bonds. The lowest BCUT2D eigenvalue weighted by Crippen LogP contribution is -2.42. The molecule has 0 radical (unpaired) electrons. The number of pyridine rings is 1. The summed E-state index contributed by atoms with van der Waals surface area (Å²) in [6.45, 7) is 4.78. The van der Waals surface area contributed by atoms with E-state index in [1.165, 1.54) is 18.4 Å². The predicted octanol–water partition coefficient (Wildman–Crippen LogP) is 3.93. The maximum absolute atomic E-state index is 6.29. The van der Waals surface area contributed by atoms with Crippen LogP contribution in [-0.2, 0) is 13.1 Å². The second-order valence-corrected chi connectivity index (χ2v) is 7.35. The molecule has 0 saturated carbocycles. The van der Waals surface area contributed by atoms with Crippen LogP contribution in [-0.4, -0.2) is 42.5 Å². The first kappa shape index (κ1) is 22.9. The topological polar surface area (TPSA) is 52.6 Å². The van der Waals surface area contributed by atoms with E-state index in [1.54, 1.807) is 7.05 Å². The van der Waals surface area contributed by atoms with Gasteiger partial charge in [0.2, 0.25) is 0 Å². The minimum absolute atomic E-state index is 0. The minimum atomic E-state index is 0. The van der Waals surface area contributed by atoms with Crippen molar-refractivity contribution in [2.75, 3.05) is 26.7 Å². The number of guanidine groups is 1. The SMILES string of the molecule is CN=C(NCc1ccccn1)NCC1CCN(Cc2ccccc2Cl)CC1.I. The van der Waals surface area contributed by atoms with E-state index in [0.29, 0.717) is 12.5 Å². The zero-order chi connectivity index (χ0) is 18.9. The van der Waals surface area contributed by atoms with Crippen LogP contribution in [0.25, 0.3) is 0 Å². The van der Waals surface area contributed by atoms with Gasteiger partial charge in [0.25, 0.3) is 0 Å². The highest BCUT2D eigenvalue weighted by Crippen LogP contribution is 2.21. The molecule has 0 aliphatic carbocycles. The molecule has 2 N–H and O–H groups in total. The van der Waals surface area contributed by atoms with Gasteiger partial charge < -0.3 is 10.6 Å². The molecule has 1 aromatic heterocycles. The third-order valence-electron chi connectivity index (χ3n) is 5.00. The monoisotopic (exact) mass is 513 g/mol. The maximum Gasteiger partial charge on any atom is 0.191 e. The van der Waals surface area contributed by atoms with E-state index < -0.39 is 0 Å². The Hall–Kier alpha value is -1.38. The summed E-state index contributed by atoms with van der Waals surface area (Å²) >= 11 is 6.29. The Kier molecular flexibility index (Phi) is 10.0. The minimum Gasteiger partial charge on any atom is -0.356 e. The first-order valence-corrected chi connectivity index (χ1v) is 9.92. The Bertz CT molecular complexity index is 733. The standard InChI is InChI=1S/C21H28ClN5.HI/c1-23-21(26-15-19-7-4-5-11-24-19)25-14-17-9-12-27(13-10-17)16-18-6-2-3-8-20(18)22;/h2-8,11,17H,9-10,12-16H2,1H3,(H2,23,25,26);1H. The predicted molar refractivity (Wildman–Crippen MR) is 127 cm³/mol. The summed E-state index contributed by atoms with van der Waals surface area (Å²) in [5.41, 5.74) is 2.23. The van der Waals surface area contributed by atoms with E-state index >= 15 is 0 Å². The molecule has 0 spiro atoms. The number of aliphatic imine (C=N–C) groups is 1. The van der Waals surface area contributed by atoms with Gasteiger partial charge in [-0.2, -0.15) is 0 Å². The van der Waals surface area contributed by atoms with Gasteiger partial charge in [-0.3, -0.25) is 14.9 Å². The number of piperidine rings is 1. The van der Waals surface area contributed by atoms with E-state index in [0.717, 1.165) is 42.9 Å². The molecule has 1 saturated heterocycles. The highest BCUT2D eigenvalue weighted by Gasteiger charge is 2.20. The van der Waals surface area contributed by atoms with Crippen LogP contribution in [0.2, 0.25) is 5.02 Å². The zero-order valence-electron chi connectivity index (χ0n) is 16.3. The van der Waals surface area contributed by atoms with Crippen molar-refractivity contribution in [3.63, 3.8) is 0 Å². The second kappa shape index (κ2) is 12.2. The molecular weight excluding hydrogens is 485 g/mol. The van der Waals surface area contributed by atoms with Crippen LogP contribution in [0.3, 0.4) is 0 Å². The van der Waals surface area contributed by atoms with Gasteiger partial charge in [-0.15, -0.1) is 24.0 Å². The van der Waals surface area contributed by atoms with Crippen LogP contribution in [0.4, 0.5) is 0 Å². The van der Waals surface area contributed by atoms with Gasteiger partial charge in [-0.05, 0) is 55.6 Å². The number of nitrogens with zero attached hydrogens (tertiary/aromatic N) is 3. The molecule has 2 heterocycles. The van der Waals surface area contributed by atoms with E-state index in [2.05, 4.69) is 37.6 Å². The fourth-order valence-corrected chi connectivity index (χ4v) is 3.55. The Labute approximate surface area is 190 Å². The van der Waals surface area contributed by atoms with Crippen LogP contribution in [0.15, 0.2) is 53.7 Å². The number of aromatic nitrogens is 1. The van der Waals surface area contributed by atoms with Gasteiger partial charge in [-0.25, -0.2) is 0 Å². The van der Waals surface area contributed by atoms with Crippen LogP contribution in [0, 0.1) is 5.92 Å². The maximum atomic E-state index is 6.29. The molecule has 2 aromatic rings. The number of nitrogens with one attached hydrogen (secondary N) is 2. The van der Waals surface area contributed by atoms with Crippen molar-refractivity contribution < 1.29 is 0 Å². The van der Waals surface area contributed by atoms with Crippen molar-refractivity contribution in [1.29, 1.82) is 0 Å². The number of likely N-dealkylation sites (tertiary alicyclic amines) is 1. The van der Waals surface area contributed by atoms with E-state index in [-0.39, 0.29) is 24.0 Å². The smallest absolute Gasteiger partial charge is 0.191 e. The molecule has 5 nitrogen and oxygen atoms in total. The fraction of sp³-hybridized carbons (Fsp3) is 0.429. The molecule has 1 aliphatic heterocycles. The lowest BCUT2D eigenvalue weighted by Gasteiger charge is -2.32. The van der Waals surface area contributed by atoms with E-state index in [1.807, 2.05) is 36.5 Å².